The number of rotatable bonds is 11. The minimum Gasteiger partial charge on any atom is -0.493 e. The van der Waals surface area contributed by atoms with E-state index in [1.807, 2.05) is 51.4 Å². The Kier molecular flexibility index (Phi) is 7.99. The Morgan fingerprint density at radius 3 is 2.56 bits per heavy atom. The van der Waals surface area contributed by atoms with Crippen LogP contribution < -0.4 is 14.9 Å². The van der Waals surface area contributed by atoms with Crippen LogP contribution in [-0.4, -0.2) is 56.6 Å². The smallest absolute Gasteiger partial charge is 0.290 e. The first-order valence-electron chi connectivity index (χ1n) is 12.7. The van der Waals surface area contributed by atoms with Gasteiger partial charge in [0.05, 0.1) is 30.7 Å². The van der Waals surface area contributed by atoms with Gasteiger partial charge in [0.25, 0.3) is 5.91 Å². The van der Waals surface area contributed by atoms with Gasteiger partial charge in [-0.1, -0.05) is 37.5 Å². The average Bonchev–Trinajstić information content (AvgIpc) is 3.14. The Balaban J connectivity index is 1.78. The van der Waals surface area contributed by atoms with Crippen LogP contribution in [0.1, 0.15) is 65.9 Å². The topological polar surface area (TPSA) is 72.2 Å². The highest BCUT2D eigenvalue weighted by Gasteiger charge is 2.42. The Labute approximate surface area is 212 Å². The van der Waals surface area contributed by atoms with Crippen molar-refractivity contribution in [3.63, 3.8) is 0 Å². The average molecular weight is 493 g/mol. The summed E-state index contributed by atoms with van der Waals surface area (Å²) in [5, 5.41) is 0.490. The highest BCUT2D eigenvalue weighted by molar-refractivity contribution is 5.99. The Morgan fingerprint density at radius 2 is 1.83 bits per heavy atom. The third-order valence-electron chi connectivity index (χ3n) is 6.63. The van der Waals surface area contributed by atoms with Gasteiger partial charge in [-0.05, 0) is 70.2 Å². The monoisotopic (exact) mass is 492 g/mol. The molecule has 0 spiro atoms. The van der Waals surface area contributed by atoms with E-state index in [0.717, 1.165) is 43.4 Å². The fraction of sp³-hybridized carbons (Fsp3) is 0.448. The van der Waals surface area contributed by atoms with Crippen molar-refractivity contribution >= 4 is 16.9 Å². The SMILES string of the molecule is CCCCCOc1ccc(C2c3c(oc4ccc(C)cc4c3=O)C(=O)N2CCCN(C)C)cc1OC. The molecule has 0 fully saturated rings. The Morgan fingerprint density at radius 1 is 1.03 bits per heavy atom. The van der Waals surface area contributed by atoms with E-state index in [1.165, 1.54) is 0 Å². The van der Waals surface area contributed by atoms with E-state index in [1.54, 1.807) is 18.1 Å². The van der Waals surface area contributed by atoms with Crippen LogP contribution in [0.4, 0.5) is 0 Å². The summed E-state index contributed by atoms with van der Waals surface area (Å²) in [5.41, 5.74) is 2.41. The van der Waals surface area contributed by atoms with Crippen molar-refractivity contribution in [2.24, 2.45) is 0 Å². The molecule has 0 aliphatic carbocycles. The second-order valence-corrected chi connectivity index (χ2v) is 9.70. The van der Waals surface area contributed by atoms with Crippen LogP contribution in [-0.2, 0) is 0 Å². The summed E-state index contributed by atoms with van der Waals surface area (Å²) in [6.07, 6.45) is 3.96. The number of unbranched alkanes of at least 4 members (excludes halogenated alkanes) is 2. The lowest BCUT2D eigenvalue weighted by molar-refractivity contribution is 0.0722. The number of ether oxygens (including phenoxy) is 2. The van der Waals surface area contributed by atoms with Crippen LogP contribution in [0.3, 0.4) is 0 Å². The maximum Gasteiger partial charge on any atom is 0.290 e. The summed E-state index contributed by atoms with van der Waals surface area (Å²) >= 11 is 0. The van der Waals surface area contributed by atoms with Crippen molar-refractivity contribution in [1.29, 1.82) is 0 Å². The number of hydrogen-bond donors (Lipinski definition) is 0. The zero-order chi connectivity index (χ0) is 25.8. The molecule has 0 saturated carbocycles. The fourth-order valence-electron chi connectivity index (χ4n) is 4.78. The van der Waals surface area contributed by atoms with Crippen LogP contribution in [0.5, 0.6) is 11.5 Å². The fourth-order valence-corrected chi connectivity index (χ4v) is 4.78. The molecule has 2 heterocycles. The summed E-state index contributed by atoms with van der Waals surface area (Å²) in [5.74, 6) is 1.11. The predicted molar refractivity (Wildman–Crippen MR) is 141 cm³/mol. The summed E-state index contributed by atoms with van der Waals surface area (Å²) in [6.45, 7) is 6.02. The summed E-state index contributed by atoms with van der Waals surface area (Å²) < 4.78 is 17.7. The molecule has 2 aromatic carbocycles. The van der Waals surface area contributed by atoms with Crippen LogP contribution in [0.25, 0.3) is 11.0 Å². The van der Waals surface area contributed by atoms with Gasteiger partial charge < -0.3 is 23.7 Å². The van der Waals surface area contributed by atoms with E-state index in [-0.39, 0.29) is 17.1 Å². The molecule has 0 bridgehead atoms. The van der Waals surface area contributed by atoms with E-state index >= 15 is 0 Å². The summed E-state index contributed by atoms with van der Waals surface area (Å²) in [6, 6.07) is 10.6. The van der Waals surface area contributed by atoms with E-state index in [0.29, 0.717) is 41.2 Å². The molecular weight excluding hydrogens is 456 g/mol. The summed E-state index contributed by atoms with van der Waals surface area (Å²) in [7, 11) is 5.61. The molecule has 0 radical (unpaired) electrons. The standard InChI is InChI=1S/C29H36N2O5/c1-6-7-8-16-35-23-13-11-20(18-24(23)34-5)26-25-27(32)21-17-19(2)10-12-22(21)36-28(25)29(33)31(26)15-9-14-30(3)4/h10-13,17-18,26H,6-9,14-16H2,1-5H3. The molecule has 1 aromatic heterocycles. The van der Waals surface area contributed by atoms with Gasteiger partial charge in [-0.25, -0.2) is 0 Å². The quantitative estimate of drug-likeness (QED) is 0.344. The van der Waals surface area contributed by atoms with E-state index in [4.69, 9.17) is 13.9 Å². The second kappa shape index (κ2) is 11.2. The third-order valence-corrected chi connectivity index (χ3v) is 6.63. The van der Waals surface area contributed by atoms with Gasteiger partial charge in [-0.2, -0.15) is 0 Å². The number of nitrogens with zero attached hydrogens (tertiary/aromatic N) is 2. The molecule has 1 atom stereocenters. The molecule has 1 amide bonds. The van der Waals surface area contributed by atoms with E-state index in [2.05, 4.69) is 11.8 Å². The molecule has 1 aliphatic rings. The first-order valence-corrected chi connectivity index (χ1v) is 12.7. The van der Waals surface area contributed by atoms with Gasteiger partial charge in [0.2, 0.25) is 5.76 Å². The van der Waals surface area contributed by atoms with Crippen LogP contribution >= 0.6 is 0 Å². The predicted octanol–water partition coefficient (Wildman–Crippen LogP) is 5.18. The molecule has 36 heavy (non-hydrogen) atoms. The number of amides is 1. The molecule has 192 valence electrons. The molecule has 1 unspecified atom stereocenters. The first-order chi connectivity index (χ1) is 17.3. The molecule has 1 aliphatic heterocycles. The number of hydrogen-bond acceptors (Lipinski definition) is 6. The van der Waals surface area contributed by atoms with Gasteiger partial charge >= 0.3 is 0 Å². The normalized spacial score (nSPS) is 15.1. The van der Waals surface area contributed by atoms with Crippen LogP contribution in [0.15, 0.2) is 45.6 Å². The van der Waals surface area contributed by atoms with Gasteiger partial charge in [-0.15, -0.1) is 0 Å². The van der Waals surface area contributed by atoms with Crippen molar-refractivity contribution in [2.45, 2.75) is 45.6 Å². The molecule has 0 saturated heterocycles. The lowest BCUT2D eigenvalue weighted by Crippen LogP contribution is -2.32. The van der Waals surface area contributed by atoms with E-state index in [9.17, 15) is 9.59 Å². The third kappa shape index (κ3) is 5.12. The zero-order valence-electron chi connectivity index (χ0n) is 21.9. The van der Waals surface area contributed by atoms with Crippen molar-refractivity contribution < 1.29 is 18.7 Å². The number of fused-ring (bicyclic) bond motifs is 2. The minimum absolute atomic E-state index is 0.130. The number of methoxy groups -OCH3 is 1. The van der Waals surface area contributed by atoms with Crippen molar-refractivity contribution in [2.75, 3.05) is 40.9 Å². The Hall–Kier alpha value is -3.32. The minimum atomic E-state index is -0.557. The van der Waals surface area contributed by atoms with Gasteiger partial charge in [0.15, 0.2) is 16.9 Å². The largest absolute Gasteiger partial charge is 0.493 e. The second-order valence-electron chi connectivity index (χ2n) is 9.70. The summed E-state index contributed by atoms with van der Waals surface area (Å²) in [4.78, 5) is 31.1. The highest BCUT2D eigenvalue weighted by Crippen LogP contribution is 2.41. The van der Waals surface area contributed by atoms with Gasteiger partial charge in [0.1, 0.15) is 5.58 Å². The molecule has 0 N–H and O–H groups in total. The molecule has 7 nitrogen and oxygen atoms in total. The Bertz CT molecular complexity index is 1300. The maximum atomic E-state index is 13.8. The number of carbonyl (C=O) groups excluding carboxylic acids is 1. The lowest BCUT2D eigenvalue weighted by Gasteiger charge is -2.26. The van der Waals surface area contributed by atoms with Crippen molar-refractivity contribution in [3.8, 4) is 11.5 Å². The van der Waals surface area contributed by atoms with Gasteiger partial charge in [-0.3, -0.25) is 9.59 Å². The van der Waals surface area contributed by atoms with Crippen molar-refractivity contribution in [3.05, 3.63) is 69.1 Å². The first kappa shape index (κ1) is 25.8. The maximum absolute atomic E-state index is 13.8. The lowest BCUT2D eigenvalue weighted by atomic mass is 9.97. The highest BCUT2D eigenvalue weighted by atomic mass is 16.5. The van der Waals surface area contributed by atoms with Crippen LogP contribution in [0, 0.1) is 6.92 Å². The number of benzene rings is 2. The molecular formula is C29H36N2O5. The zero-order valence-corrected chi connectivity index (χ0v) is 21.9. The number of carbonyl (C=O) groups is 1. The number of aryl methyl sites for hydroxylation is 1. The van der Waals surface area contributed by atoms with Crippen LogP contribution in [0.2, 0.25) is 0 Å². The van der Waals surface area contributed by atoms with Gasteiger partial charge in [0, 0.05) is 6.54 Å². The molecule has 7 heteroatoms. The molecule has 3 aromatic rings. The van der Waals surface area contributed by atoms with E-state index < -0.39 is 6.04 Å². The van der Waals surface area contributed by atoms with Crippen molar-refractivity contribution in [1.82, 2.24) is 9.80 Å². The molecule has 4 rings (SSSR count).